The predicted octanol–water partition coefficient (Wildman–Crippen LogP) is 2.36. The smallest absolute Gasteiger partial charge is 0.236 e. The van der Waals surface area contributed by atoms with Crippen LogP contribution in [0.5, 0.6) is 0 Å². The second-order valence-corrected chi connectivity index (χ2v) is 5.77. The maximum Gasteiger partial charge on any atom is 0.236 e. The summed E-state index contributed by atoms with van der Waals surface area (Å²) in [5.74, 6) is -0.101. The van der Waals surface area contributed by atoms with Crippen molar-refractivity contribution in [1.82, 2.24) is 10.6 Å². The summed E-state index contributed by atoms with van der Waals surface area (Å²) in [7, 11) is 0. The Morgan fingerprint density at radius 2 is 1.76 bits per heavy atom. The van der Waals surface area contributed by atoms with Crippen molar-refractivity contribution in [3.05, 3.63) is 35.9 Å². The molecule has 2 unspecified atom stereocenters. The maximum absolute atomic E-state index is 11.7. The molecule has 0 aromatic heterocycles. The lowest BCUT2D eigenvalue weighted by Gasteiger charge is -2.36. The fourth-order valence-corrected chi connectivity index (χ4v) is 2.46. The van der Waals surface area contributed by atoms with E-state index in [9.17, 15) is 4.79 Å². The number of carbonyl (C=O) groups is 1. The standard InChI is InChI=1S/C17H29N3O/c1-5-17(6-2,12-19-16(21)13(3)18)20-14(4)15-10-8-7-9-11-15/h7-11,13-14,20H,5-6,12,18H2,1-4H3,(H,19,21). The molecule has 0 fully saturated rings. The average Bonchev–Trinajstić information content (AvgIpc) is 2.51. The van der Waals surface area contributed by atoms with Crippen LogP contribution in [-0.2, 0) is 4.79 Å². The zero-order valence-electron chi connectivity index (χ0n) is 13.6. The first-order valence-corrected chi connectivity index (χ1v) is 7.80. The zero-order valence-corrected chi connectivity index (χ0v) is 13.6. The molecule has 1 aromatic carbocycles. The van der Waals surface area contributed by atoms with Gasteiger partial charge in [-0.1, -0.05) is 44.2 Å². The van der Waals surface area contributed by atoms with Crippen LogP contribution in [0.3, 0.4) is 0 Å². The Morgan fingerprint density at radius 1 is 1.19 bits per heavy atom. The van der Waals surface area contributed by atoms with Crippen LogP contribution in [0.1, 0.15) is 52.1 Å². The molecule has 0 aliphatic rings. The molecular formula is C17H29N3O. The van der Waals surface area contributed by atoms with Gasteiger partial charge in [-0.2, -0.15) is 0 Å². The van der Waals surface area contributed by atoms with E-state index in [1.54, 1.807) is 6.92 Å². The Bertz CT molecular complexity index is 427. The lowest BCUT2D eigenvalue weighted by atomic mass is 9.90. The highest BCUT2D eigenvalue weighted by atomic mass is 16.2. The molecule has 4 nitrogen and oxygen atoms in total. The largest absolute Gasteiger partial charge is 0.353 e. The maximum atomic E-state index is 11.7. The van der Waals surface area contributed by atoms with E-state index in [0.29, 0.717) is 6.54 Å². The fourth-order valence-electron chi connectivity index (χ4n) is 2.46. The van der Waals surface area contributed by atoms with Gasteiger partial charge in [0.1, 0.15) is 0 Å². The highest BCUT2D eigenvalue weighted by molar-refractivity contribution is 5.81. The molecule has 1 rings (SSSR count). The summed E-state index contributed by atoms with van der Waals surface area (Å²) in [6.07, 6.45) is 1.89. The summed E-state index contributed by atoms with van der Waals surface area (Å²) in [5, 5.41) is 6.64. The molecule has 0 bridgehead atoms. The second-order valence-electron chi connectivity index (χ2n) is 5.77. The first kappa shape index (κ1) is 17.7. The molecule has 0 aliphatic carbocycles. The molecule has 0 radical (unpaired) electrons. The summed E-state index contributed by atoms with van der Waals surface area (Å²) >= 11 is 0. The predicted molar refractivity (Wildman–Crippen MR) is 88.0 cm³/mol. The summed E-state index contributed by atoms with van der Waals surface area (Å²) in [5.41, 5.74) is 6.75. The van der Waals surface area contributed by atoms with Crippen LogP contribution in [-0.4, -0.2) is 24.0 Å². The first-order valence-electron chi connectivity index (χ1n) is 7.80. The molecule has 1 aromatic rings. The van der Waals surface area contributed by atoms with E-state index in [0.717, 1.165) is 12.8 Å². The van der Waals surface area contributed by atoms with Crippen LogP contribution in [0.25, 0.3) is 0 Å². The molecule has 0 heterocycles. The second kappa shape index (κ2) is 8.15. The minimum absolute atomic E-state index is 0.101. The van der Waals surface area contributed by atoms with E-state index in [4.69, 9.17) is 5.73 Å². The molecule has 1 amide bonds. The summed E-state index contributed by atoms with van der Waals surface area (Å²) in [6.45, 7) is 8.74. The zero-order chi connectivity index (χ0) is 15.9. The summed E-state index contributed by atoms with van der Waals surface area (Å²) < 4.78 is 0. The lowest BCUT2D eigenvalue weighted by Crippen LogP contribution is -2.55. The van der Waals surface area contributed by atoms with E-state index in [2.05, 4.69) is 43.5 Å². The highest BCUT2D eigenvalue weighted by Gasteiger charge is 2.28. The normalized spacial score (nSPS) is 14.5. The monoisotopic (exact) mass is 291 g/mol. The van der Waals surface area contributed by atoms with Crippen molar-refractivity contribution in [2.75, 3.05) is 6.54 Å². The number of hydrogen-bond acceptors (Lipinski definition) is 3. The Balaban J connectivity index is 2.73. The van der Waals surface area contributed by atoms with Crippen LogP contribution >= 0.6 is 0 Å². The van der Waals surface area contributed by atoms with Gasteiger partial charge >= 0.3 is 0 Å². The average molecular weight is 291 g/mol. The summed E-state index contributed by atoms with van der Waals surface area (Å²) in [6, 6.07) is 10.1. The number of carbonyl (C=O) groups excluding carboxylic acids is 1. The first-order chi connectivity index (χ1) is 9.94. The molecule has 2 atom stereocenters. The van der Waals surface area contributed by atoms with Crippen molar-refractivity contribution in [1.29, 1.82) is 0 Å². The van der Waals surface area contributed by atoms with Gasteiger partial charge in [0.05, 0.1) is 6.04 Å². The van der Waals surface area contributed by atoms with Gasteiger partial charge in [-0.15, -0.1) is 0 Å². The Morgan fingerprint density at radius 3 is 2.24 bits per heavy atom. The number of benzene rings is 1. The van der Waals surface area contributed by atoms with Crippen LogP contribution < -0.4 is 16.4 Å². The van der Waals surface area contributed by atoms with Gasteiger partial charge in [-0.05, 0) is 32.3 Å². The SMILES string of the molecule is CCC(CC)(CNC(=O)C(C)N)NC(C)c1ccccc1. The van der Waals surface area contributed by atoms with Crippen molar-refractivity contribution in [2.45, 2.75) is 58.2 Å². The van der Waals surface area contributed by atoms with Crippen molar-refractivity contribution in [3.8, 4) is 0 Å². The van der Waals surface area contributed by atoms with Crippen molar-refractivity contribution >= 4 is 5.91 Å². The van der Waals surface area contributed by atoms with Gasteiger partial charge in [0, 0.05) is 18.1 Å². The van der Waals surface area contributed by atoms with Gasteiger partial charge in [-0.25, -0.2) is 0 Å². The van der Waals surface area contributed by atoms with Gasteiger partial charge in [-0.3, -0.25) is 4.79 Å². The molecule has 4 heteroatoms. The molecule has 0 spiro atoms. The van der Waals surface area contributed by atoms with E-state index >= 15 is 0 Å². The van der Waals surface area contributed by atoms with Gasteiger partial charge in [0.2, 0.25) is 5.91 Å². The van der Waals surface area contributed by atoms with E-state index in [-0.39, 0.29) is 17.5 Å². The van der Waals surface area contributed by atoms with Crippen molar-refractivity contribution in [3.63, 3.8) is 0 Å². The molecule has 0 saturated carbocycles. The molecule has 4 N–H and O–H groups in total. The Hall–Kier alpha value is -1.39. The number of nitrogens with one attached hydrogen (secondary N) is 2. The van der Waals surface area contributed by atoms with Crippen LogP contribution in [0.15, 0.2) is 30.3 Å². The van der Waals surface area contributed by atoms with Crippen molar-refractivity contribution in [2.24, 2.45) is 5.73 Å². The van der Waals surface area contributed by atoms with Crippen LogP contribution in [0, 0.1) is 0 Å². The molecular weight excluding hydrogens is 262 g/mol. The minimum Gasteiger partial charge on any atom is -0.353 e. The highest BCUT2D eigenvalue weighted by Crippen LogP contribution is 2.21. The fraction of sp³-hybridized carbons (Fsp3) is 0.588. The lowest BCUT2D eigenvalue weighted by molar-refractivity contribution is -0.122. The third-order valence-electron chi connectivity index (χ3n) is 4.19. The molecule has 21 heavy (non-hydrogen) atoms. The topological polar surface area (TPSA) is 67.2 Å². The van der Waals surface area contributed by atoms with Gasteiger partial charge in [0.15, 0.2) is 0 Å². The number of hydrogen-bond donors (Lipinski definition) is 3. The number of amides is 1. The van der Waals surface area contributed by atoms with Gasteiger partial charge < -0.3 is 16.4 Å². The molecule has 118 valence electrons. The van der Waals surface area contributed by atoms with E-state index < -0.39 is 6.04 Å². The Labute approximate surface area is 128 Å². The van der Waals surface area contributed by atoms with Crippen molar-refractivity contribution < 1.29 is 4.79 Å². The third kappa shape index (κ3) is 5.14. The van der Waals surface area contributed by atoms with Crippen LogP contribution in [0.4, 0.5) is 0 Å². The quantitative estimate of drug-likeness (QED) is 0.689. The Kier molecular flexibility index (Phi) is 6.85. The third-order valence-corrected chi connectivity index (χ3v) is 4.19. The summed E-state index contributed by atoms with van der Waals surface area (Å²) in [4.78, 5) is 11.7. The number of nitrogens with two attached hydrogens (primary N) is 1. The van der Waals surface area contributed by atoms with Gasteiger partial charge in [0.25, 0.3) is 0 Å². The van der Waals surface area contributed by atoms with Crippen LogP contribution in [0.2, 0.25) is 0 Å². The molecule has 0 saturated heterocycles. The molecule has 0 aliphatic heterocycles. The minimum atomic E-state index is -0.469. The number of rotatable bonds is 8. The van der Waals surface area contributed by atoms with E-state index in [1.165, 1.54) is 5.56 Å². The van der Waals surface area contributed by atoms with E-state index in [1.807, 2.05) is 18.2 Å².